The molecule has 2 aromatic heterocycles. The number of carbonyl (C=O) groups excluding carboxylic acids is 1. The minimum Gasteiger partial charge on any atom is -0.444 e. The van der Waals surface area contributed by atoms with Crippen LogP contribution in [0.1, 0.15) is 21.8 Å². The average Bonchev–Trinajstić information content (AvgIpc) is 3.03. The molecular formula is C16H14BrN3O2. The number of furan rings is 1. The molecule has 1 aromatic carbocycles. The monoisotopic (exact) mass is 359 g/mol. The van der Waals surface area contributed by atoms with Crippen molar-refractivity contribution in [2.45, 2.75) is 13.8 Å². The van der Waals surface area contributed by atoms with Gasteiger partial charge in [-0.15, -0.1) is 0 Å². The number of carbonyl (C=O) groups is 1. The van der Waals surface area contributed by atoms with Crippen LogP contribution in [0.15, 0.2) is 51.7 Å². The largest absolute Gasteiger partial charge is 0.444 e. The number of hydrogen-bond donors (Lipinski definition) is 1. The van der Waals surface area contributed by atoms with Gasteiger partial charge in [0.05, 0.1) is 23.3 Å². The van der Waals surface area contributed by atoms with Gasteiger partial charge >= 0.3 is 0 Å². The summed E-state index contributed by atoms with van der Waals surface area (Å²) in [4.78, 5) is 12.3. The smallest absolute Gasteiger partial charge is 0.291 e. The Kier molecular flexibility index (Phi) is 3.85. The summed E-state index contributed by atoms with van der Waals surface area (Å²) in [7, 11) is 0. The Labute approximate surface area is 136 Å². The van der Waals surface area contributed by atoms with E-state index in [1.807, 2.05) is 44.2 Å². The Morgan fingerprint density at radius 2 is 2.00 bits per heavy atom. The lowest BCUT2D eigenvalue weighted by molar-refractivity contribution is 0.0994. The number of hydrogen-bond acceptors (Lipinski definition) is 3. The molecular weight excluding hydrogens is 346 g/mol. The quantitative estimate of drug-likeness (QED) is 0.765. The highest BCUT2D eigenvalue weighted by Gasteiger charge is 2.17. The SMILES string of the molecule is Cc1cc(Br)oc1C(=O)Nc1cnn(-c2ccccc2)c1C. The van der Waals surface area contributed by atoms with Crippen molar-refractivity contribution in [1.82, 2.24) is 9.78 Å². The second-order valence-electron chi connectivity index (χ2n) is 4.91. The summed E-state index contributed by atoms with van der Waals surface area (Å²) < 4.78 is 7.67. The fourth-order valence-electron chi connectivity index (χ4n) is 2.21. The lowest BCUT2D eigenvalue weighted by Crippen LogP contribution is -2.12. The van der Waals surface area contributed by atoms with E-state index >= 15 is 0 Å². The molecule has 0 aliphatic heterocycles. The van der Waals surface area contributed by atoms with Crippen molar-refractivity contribution in [3.8, 4) is 5.69 Å². The molecule has 0 saturated carbocycles. The number of halogens is 1. The van der Waals surface area contributed by atoms with E-state index < -0.39 is 0 Å². The molecule has 3 rings (SSSR count). The zero-order valence-electron chi connectivity index (χ0n) is 12.1. The molecule has 2 heterocycles. The van der Waals surface area contributed by atoms with Crippen LogP contribution >= 0.6 is 15.9 Å². The van der Waals surface area contributed by atoms with E-state index in [4.69, 9.17) is 4.42 Å². The van der Waals surface area contributed by atoms with Crippen LogP contribution in [0.5, 0.6) is 0 Å². The van der Waals surface area contributed by atoms with Gasteiger partial charge in [0.2, 0.25) is 0 Å². The number of benzene rings is 1. The van der Waals surface area contributed by atoms with Crippen LogP contribution in [-0.2, 0) is 0 Å². The lowest BCUT2D eigenvalue weighted by atomic mass is 10.2. The Morgan fingerprint density at radius 3 is 2.64 bits per heavy atom. The molecule has 1 N–H and O–H groups in total. The molecule has 3 aromatic rings. The van der Waals surface area contributed by atoms with Crippen LogP contribution in [-0.4, -0.2) is 15.7 Å². The van der Waals surface area contributed by atoms with E-state index in [2.05, 4.69) is 26.3 Å². The minimum atomic E-state index is -0.293. The van der Waals surface area contributed by atoms with Gasteiger partial charge in [-0.05, 0) is 48.0 Å². The van der Waals surface area contributed by atoms with E-state index in [-0.39, 0.29) is 5.91 Å². The Bertz CT molecular complexity index is 821. The highest BCUT2D eigenvalue weighted by Crippen LogP contribution is 2.23. The minimum absolute atomic E-state index is 0.290. The van der Waals surface area contributed by atoms with Gasteiger partial charge < -0.3 is 9.73 Å². The van der Waals surface area contributed by atoms with Gasteiger partial charge in [-0.3, -0.25) is 4.79 Å². The summed E-state index contributed by atoms with van der Waals surface area (Å²) in [5, 5.41) is 7.16. The molecule has 112 valence electrons. The number of nitrogens with zero attached hydrogens (tertiary/aromatic N) is 2. The van der Waals surface area contributed by atoms with Crippen molar-refractivity contribution in [2.75, 3.05) is 5.32 Å². The summed E-state index contributed by atoms with van der Waals surface area (Å²) in [6.07, 6.45) is 1.63. The van der Waals surface area contributed by atoms with Crippen molar-refractivity contribution in [3.05, 3.63) is 64.3 Å². The maximum atomic E-state index is 12.3. The van der Waals surface area contributed by atoms with Gasteiger partial charge in [0.25, 0.3) is 5.91 Å². The highest BCUT2D eigenvalue weighted by molar-refractivity contribution is 9.10. The Balaban J connectivity index is 1.87. The number of aromatic nitrogens is 2. The summed E-state index contributed by atoms with van der Waals surface area (Å²) in [6, 6.07) is 11.5. The van der Waals surface area contributed by atoms with Crippen molar-refractivity contribution in [1.29, 1.82) is 0 Å². The Hall–Kier alpha value is -2.34. The summed E-state index contributed by atoms with van der Waals surface area (Å²) in [6.45, 7) is 3.73. The molecule has 0 spiro atoms. The average molecular weight is 360 g/mol. The fraction of sp³-hybridized carbons (Fsp3) is 0.125. The molecule has 6 heteroatoms. The van der Waals surface area contributed by atoms with Crippen LogP contribution in [0.3, 0.4) is 0 Å². The molecule has 0 bridgehead atoms. The van der Waals surface area contributed by atoms with Gasteiger partial charge in [-0.25, -0.2) is 4.68 Å². The summed E-state index contributed by atoms with van der Waals surface area (Å²) in [5.74, 6) is -0.00218. The highest BCUT2D eigenvalue weighted by atomic mass is 79.9. The van der Waals surface area contributed by atoms with E-state index in [9.17, 15) is 4.79 Å². The van der Waals surface area contributed by atoms with Crippen molar-refractivity contribution in [3.63, 3.8) is 0 Å². The van der Waals surface area contributed by atoms with Gasteiger partial charge in [0.15, 0.2) is 10.4 Å². The first-order valence-electron chi connectivity index (χ1n) is 6.73. The van der Waals surface area contributed by atoms with E-state index in [1.165, 1.54) is 0 Å². The van der Waals surface area contributed by atoms with E-state index in [0.717, 1.165) is 16.9 Å². The van der Waals surface area contributed by atoms with Crippen LogP contribution < -0.4 is 5.32 Å². The Morgan fingerprint density at radius 1 is 1.27 bits per heavy atom. The molecule has 22 heavy (non-hydrogen) atoms. The molecule has 5 nitrogen and oxygen atoms in total. The first-order valence-corrected chi connectivity index (χ1v) is 7.53. The van der Waals surface area contributed by atoms with Crippen LogP contribution in [0, 0.1) is 13.8 Å². The lowest BCUT2D eigenvalue weighted by Gasteiger charge is -2.06. The first-order chi connectivity index (χ1) is 10.6. The zero-order chi connectivity index (χ0) is 15.7. The number of anilines is 1. The summed E-state index contributed by atoms with van der Waals surface area (Å²) >= 11 is 3.22. The van der Waals surface area contributed by atoms with Gasteiger partial charge in [0.1, 0.15) is 0 Å². The third kappa shape index (κ3) is 2.69. The molecule has 0 radical (unpaired) electrons. The topological polar surface area (TPSA) is 60.1 Å². The molecule has 0 saturated heterocycles. The second-order valence-corrected chi connectivity index (χ2v) is 5.69. The van der Waals surface area contributed by atoms with E-state index in [1.54, 1.807) is 16.9 Å². The standard InChI is InChI=1S/C16H14BrN3O2/c1-10-8-14(17)22-15(10)16(21)19-13-9-18-20(11(13)2)12-6-4-3-5-7-12/h3-9H,1-2H3,(H,19,21). The van der Waals surface area contributed by atoms with E-state index in [0.29, 0.717) is 16.1 Å². The third-order valence-corrected chi connectivity index (χ3v) is 3.74. The number of nitrogens with one attached hydrogen (secondary N) is 1. The first kappa shape index (κ1) is 14.6. The predicted molar refractivity (Wildman–Crippen MR) is 87.4 cm³/mol. The third-order valence-electron chi connectivity index (χ3n) is 3.35. The molecule has 1 amide bonds. The summed E-state index contributed by atoms with van der Waals surface area (Å²) in [5.41, 5.74) is 3.22. The predicted octanol–water partition coefficient (Wildman–Crippen LogP) is 4.10. The number of rotatable bonds is 3. The van der Waals surface area contributed by atoms with Gasteiger partial charge in [-0.1, -0.05) is 18.2 Å². The maximum Gasteiger partial charge on any atom is 0.291 e. The number of amides is 1. The van der Waals surface area contributed by atoms with Crippen LogP contribution in [0.4, 0.5) is 5.69 Å². The number of aryl methyl sites for hydroxylation is 1. The number of para-hydroxylation sites is 1. The van der Waals surface area contributed by atoms with Crippen molar-refractivity contribution >= 4 is 27.5 Å². The van der Waals surface area contributed by atoms with Crippen molar-refractivity contribution < 1.29 is 9.21 Å². The van der Waals surface area contributed by atoms with Crippen LogP contribution in [0.2, 0.25) is 0 Å². The van der Waals surface area contributed by atoms with Gasteiger partial charge in [0, 0.05) is 5.56 Å². The normalized spacial score (nSPS) is 10.7. The zero-order valence-corrected chi connectivity index (χ0v) is 13.7. The second kappa shape index (κ2) is 5.81. The molecule has 0 aliphatic rings. The van der Waals surface area contributed by atoms with Crippen molar-refractivity contribution in [2.24, 2.45) is 0 Å². The molecule has 0 atom stereocenters. The van der Waals surface area contributed by atoms with Crippen LogP contribution in [0.25, 0.3) is 5.69 Å². The molecule has 0 fully saturated rings. The van der Waals surface area contributed by atoms with Gasteiger partial charge in [-0.2, -0.15) is 5.10 Å². The maximum absolute atomic E-state index is 12.3. The molecule has 0 aliphatic carbocycles. The molecule has 0 unspecified atom stereocenters. The fourth-order valence-corrected chi connectivity index (χ4v) is 2.71.